The number of piperidine rings is 1. The Labute approximate surface area is 157 Å². The summed E-state index contributed by atoms with van der Waals surface area (Å²) in [6.45, 7) is 2.19. The van der Waals surface area contributed by atoms with Crippen LogP contribution in [0.1, 0.15) is 19.8 Å². The van der Waals surface area contributed by atoms with Crippen molar-refractivity contribution in [3.8, 4) is 0 Å². The van der Waals surface area contributed by atoms with E-state index in [0.717, 1.165) is 11.3 Å². The Hall–Kier alpha value is -1.49. The molecule has 1 saturated heterocycles. The lowest BCUT2D eigenvalue weighted by molar-refractivity contribution is -0.153. The van der Waals surface area contributed by atoms with Crippen molar-refractivity contribution in [3.05, 3.63) is 17.5 Å². The maximum absolute atomic E-state index is 12.6. The van der Waals surface area contributed by atoms with Crippen LogP contribution >= 0.6 is 11.3 Å². The summed E-state index contributed by atoms with van der Waals surface area (Å²) >= 11 is 1.15. The van der Waals surface area contributed by atoms with E-state index in [4.69, 9.17) is 9.47 Å². The number of thiophene rings is 1. The lowest BCUT2D eigenvalue weighted by Gasteiger charge is -2.30. The van der Waals surface area contributed by atoms with Crippen LogP contribution in [0.2, 0.25) is 0 Å². The lowest BCUT2D eigenvalue weighted by atomic mass is 10.00. The Kier molecular flexibility index (Phi) is 7.56. The van der Waals surface area contributed by atoms with Crippen LogP contribution in [0.3, 0.4) is 0 Å². The quantitative estimate of drug-likeness (QED) is 0.645. The summed E-state index contributed by atoms with van der Waals surface area (Å²) in [6.07, 6.45) is 1.11. The fourth-order valence-electron chi connectivity index (χ4n) is 2.75. The first kappa shape index (κ1) is 20.8. The van der Waals surface area contributed by atoms with Crippen molar-refractivity contribution in [3.63, 3.8) is 0 Å². The highest BCUT2D eigenvalue weighted by atomic mass is 32.2. The second-order valence-corrected chi connectivity index (χ2v) is 9.28. The zero-order valence-electron chi connectivity index (χ0n) is 14.8. The average Bonchev–Trinajstić information content (AvgIpc) is 3.15. The summed E-state index contributed by atoms with van der Waals surface area (Å²) in [6, 6.07) is 3.04. The van der Waals surface area contributed by atoms with Crippen LogP contribution in [-0.4, -0.2) is 64.1 Å². The number of rotatable bonds is 8. The molecule has 1 aromatic heterocycles. The maximum Gasteiger partial charge on any atom is 0.310 e. The van der Waals surface area contributed by atoms with Crippen LogP contribution in [0.15, 0.2) is 21.7 Å². The molecule has 0 saturated carbocycles. The van der Waals surface area contributed by atoms with E-state index in [0.29, 0.717) is 26.0 Å². The Morgan fingerprint density at radius 3 is 2.88 bits per heavy atom. The molecule has 1 aliphatic rings. The Bertz CT molecular complexity index is 704. The van der Waals surface area contributed by atoms with Gasteiger partial charge in [-0.2, -0.15) is 4.31 Å². The average molecular weight is 405 g/mol. The first-order chi connectivity index (χ1) is 12.3. The van der Waals surface area contributed by atoms with E-state index in [9.17, 15) is 18.0 Å². The molecule has 2 rings (SSSR count). The number of esters is 1. The molecule has 26 heavy (non-hydrogen) atoms. The molecule has 0 radical (unpaired) electrons. The van der Waals surface area contributed by atoms with Gasteiger partial charge in [-0.3, -0.25) is 9.59 Å². The standard InChI is InChI=1S/C16H24N2O6S2/c1-12(10-23-2)17-14(19)11-24-16(20)13-5-3-7-18(9-13)26(21,22)15-6-4-8-25-15/h4,6,8,12-13H,3,5,7,9-11H2,1-2H3,(H,17,19). The summed E-state index contributed by atoms with van der Waals surface area (Å²) in [4.78, 5) is 24.0. The molecule has 10 heteroatoms. The summed E-state index contributed by atoms with van der Waals surface area (Å²) in [7, 11) is -2.06. The van der Waals surface area contributed by atoms with Crippen LogP contribution in [0, 0.1) is 5.92 Å². The highest BCUT2D eigenvalue weighted by Crippen LogP contribution is 2.26. The van der Waals surface area contributed by atoms with Crippen molar-refractivity contribution in [2.45, 2.75) is 30.0 Å². The summed E-state index contributed by atoms with van der Waals surface area (Å²) < 4.78 is 36.7. The molecule has 1 aliphatic heterocycles. The first-order valence-corrected chi connectivity index (χ1v) is 10.6. The molecular weight excluding hydrogens is 380 g/mol. The summed E-state index contributed by atoms with van der Waals surface area (Å²) in [5.74, 6) is -1.53. The van der Waals surface area contributed by atoms with Crippen molar-refractivity contribution in [2.24, 2.45) is 5.92 Å². The van der Waals surface area contributed by atoms with Crippen LogP contribution in [0.5, 0.6) is 0 Å². The number of sulfonamides is 1. The van der Waals surface area contributed by atoms with Gasteiger partial charge in [-0.05, 0) is 31.2 Å². The van der Waals surface area contributed by atoms with Gasteiger partial charge in [0.15, 0.2) is 6.61 Å². The van der Waals surface area contributed by atoms with Gasteiger partial charge < -0.3 is 14.8 Å². The molecule has 1 aromatic rings. The third kappa shape index (κ3) is 5.50. The number of carbonyl (C=O) groups excluding carboxylic acids is 2. The van der Waals surface area contributed by atoms with Gasteiger partial charge in [0.2, 0.25) is 0 Å². The molecule has 2 unspecified atom stereocenters. The second-order valence-electron chi connectivity index (χ2n) is 6.17. The van der Waals surface area contributed by atoms with Crippen molar-refractivity contribution in [1.29, 1.82) is 0 Å². The number of hydrogen-bond donors (Lipinski definition) is 1. The van der Waals surface area contributed by atoms with Crippen LogP contribution < -0.4 is 5.32 Å². The van der Waals surface area contributed by atoms with E-state index in [1.165, 1.54) is 11.4 Å². The number of nitrogens with zero attached hydrogens (tertiary/aromatic N) is 1. The Balaban J connectivity index is 1.87. The molecule has 2 heterocycles. The Morgan fingerprint density at radius 1 is 1.46 bits per heavy atom. The molecule has 1 N–H and O–H groups in total. The van der Waals surface area contributed by atoms with Crippen LogP contribution in [0.4, 0.5) is 0 Å². The molecule has 1 fully saturated rings. The van der Waals surface area contributed by atoms with E-state index in [2.05, 4.69) is 5.32 Å². The molecule has 8 nitrogen and oxygen atoms in total. The summed E-state index contributed by atoms with van der Waals surface area (Å²) in [5.41, 5.74) is 0. The number of carbonyl (C=O) groups is 2. The minimum Gasteiger partial charge on any atom is -0.455 e. The van der Waals surface area contributed by atoms with Gasteiger partial charge in [0, 0.05) is 26.2 Å². The lowest BCUT2D eigenvalue weighted by Crippen LogP contribution is -2.43. The van der Waals surface area contributed by atoms with Crippen molar-refractivity contribution in [1.82, 2.24) is 9.62 Å². The topological polar surface area (TPSA) is 102 Å². The zero-order chi connectivity index (χ0) is 19.2. The van der Waals surface area contributed by atoms with E-state index < -0.39 is 27.8 Å². The minimum absolute atomic E-state index is 0.0702. The van der Waals surface area contributed by atoms with Crippen LogP contribution in [-0.2, 0) is 29.1 Å². The zero-order valence-corrected chi connectivity index (χ0v) is 16.5. The van der Waals surface area contributed by atoms with Gasteiger partial charge in [-0.25, -0.2) is 8.42 Å². The van der Waals surface area contributed by atoms with Gasteiger partial charge in [0.05, 0.1) is 12.5 Å². The monoisotopic (exact) mass is 404 g/mol. The van der Waals surface area contributed by atoms with Crippen molar-refractivity contribution >= 4 is 33.2 Å². The third-order valence-electron chi connectivity index (χ3n) is 3.98. The smallest absolute Gasteiger partial charge is 0.310 e. The Morgan fingerprint density at radius 2 is 2.23 bits per heavy atom. The van der Waals surface area contributed by atoms with E-state index in [1.807, 2.05) is 0 Å². The predicted molar refractivity (Wildman–Crippen MR) is 96.2 cm³/mol. The van der Waals surface area contributed by atoms with Gasteiger partial charge >= 0.3 is 5.97 Å². The molecular formula is C16H24N2O6S2. The van der Waals surface area contributed by atoms with Crippen molar-refractivity contribution in [2.75, 3.05) is 33.4 Å². The van der Waals surface area contributed by atoms with E-state index in [1.54, 1.807) is 24.4 Å². The fourth-order valence-corrected chi connectivity index (χ4v) is 5.42. The minimum atomic E-state index is -3.59. The number of ether oxygens (including phenoxy) is 2. The summed E-state index contributed by atoms with van der Waals surface area (Å²) in [5, 5.41) is 4.34. The van der Waals surface area contributed by atoms with Gasteiger partial charge in [0.25, 0.3) is 15.9 Å². The van der Waals surface area contributed by atoms with E-state index in [-0.39, 0.29) is 23.4 Å². The normalized spacial score (nSPS) is 19.7. The molecule has 2 atom stereocenters. The van der Waals surface area contributed by atoms with Gasteiger partial charge in [0.1, 0.15) is 4.21 Å². The maximum atomic E-state index is 12.6. The largest absolute Gasteiger partial charge is 0.455 e. The van der Waals surface area contributed by atoms with E-state index >= 15 is 0 Å². The SMILES string of the molecule is COCC(C)NC(=O)COC(=O)C1CCCN(S(=O)(=O)c2cccs2)C1. The van der Waals surface area contributed by atoms with Crippen molar-refractivity contribution < 1.29 is 27.5 Å². The molecule has 0 aliphatic carbocycles. The number of methoxy groups -OCH3 is 1. The van der Waals surface area contributed by atoms with Gasteiger partial charge in [-0.15, -0.1) is 11.3 Å². The highest BCUT2D eigenvalue weighted by Gasteiger charge is 2.34. The molecule has 0 aromatic carbocycles. The molecule has 1 amide bonds. The highest BCUT2D eigenvalue weighted by molar-refractivity contribution is 7.91. The molecule has 0 spiro atoms. The number of nitrogens with one attached hydrogen (secondary N) is 1. The first-order valence-electron chi connectivity index (χ1n) is 8.33. The number of amides is 1. The van der Waals surface area contributed by atoms with Crippen LogP contribution in [0.25, 0.3) is 0 Å². The molecule has 146 valence electrons. The second kappa shape index (κ2) is 9.45. The number of hydrogen-bond acceptors (Lipinski definition) is 7. The predicted octanol–water partition coefficient (Wildman–Crippen LogP) is 0.843. The molecule has 0 bridgehead atoms. The third-order valence-corrected chi connectivity index (χ3v) is 7.21. The fraction of sp³-hybridized carbons (Fsp3) is 0.625. The van der Waals surface area contributed by atoms with Gasteiger partial charge in [-0.1, -0.05) is 6.07 Å².